The number of aryl methyl sites for hydroxylation is 2. The number of aromatic nitrogens is 3. The van der Waals surface area contributed by atoms with Crippen molar-refractivity contribution in [3.63, 3.8) is 0 Å². The van der Waals surface area contributed by atoms with Gasteiger partial charge in [0.15, 0.2) is 0 Å². The largest absolute Gasteiger partial charge is 0.352 e. The molecule has 0 radical (unpaired) electrons. The quantitative estimate of drug-likeness (QED) is 0.498. The maximum atomic E-state index is 12.8. The minimum absolute atomic E-state index is 0.109. The normalized spacial score (nSPS) is 11.2. The summed E-state index contributed by atoms with van der Waals surface area (Å²) in [5.41, 5.74) is 3.99. The predicted molar refractivity (Wildman–Crippen MR) is 113 cm³/mol. The highest BCUT2D eigenvalue weighted by Crippen LogP contribution is 2.22. The summed E-state index contributed by atoms with van der Waals surface area (Å²) in [4.78, 5) is 32.5. The van der Waals surface area contributed by atoms with Crippen molar-refractivity contribution in [3.8, 4) is 0 Å². The van der Waals surface area contributed by atoms with Gasteiger partial charge in [0, 0.05) is 34.9 Å². The van der Waals surface area contributed by atoms with E-state index >= 15 is 0 Å². The second-order valence-electron chi connectivity index (χ2n) is 6.79. The lowest BCUT2D eigenvalue weighted by molar-refractivity contribution is -0.121. The Morgan fingerprint density at radius 1 is 1.21 bits per heavy atom. The molecule has 2 heterocycles. The third-order valence-electron chi connectivity index (χ3n) is 4.71. The van der Waals surface area contributed by atoms with Crippen molar-refractivity contribution in [1.29, 1.82) is 0 Å². The molecule has 7 heteroatoms. The fraction of sp³-hybridized carbons (Fsp3) is 0.190. The fourth-order valence-electron chi connectivity index (χ4n) is 3.18. The monoisotopic (exact) mass is 438 g/mol. The van der Waals surface area contributed by atoms with Crippen molar-refractivity contribution in [1.82, 2.24) is 19.9 Å². The van der Waals surface area contributed by atoms with E-state index in [1.807, 2.05) is 49.4 Å². The van der Waals surface area contributed by atoms with Gasteiger partial charge in [0.1, 0.15) is 11.0 Å². The van der Waals surface area contributed by atoms with Crippen LogP contribution < -0.4 is 10.9 Å². The number of aromatic amines is 1. The molecule has 4 aromatic rings. The number of nitrogens with one attached hydrogen (secondary N) is 2. The average molecular weight is 439 g/mol. The van der Waals surface area contributed by atoms with Gasteiger partial charge in [0.05, 0.1) is 6.33 Å². The molecule has 6 nitrogen and oxygen atoms in total. The number of fused-ring (bicyclic) bond motifs is 3. The first-order valence-electron chi connectivity index (χ1n) is 9.00. The Balaban J connectivity index is 1.46. The summed E-state index contributed by atoms with van der Waals surface area (Å²) < 4.78 is 2.47. The van der Waals surface area contributed by atoms with Gasteiger partial charge in [-0.2, -0.15) is 0 Å². The van der Waals surface area contributed by atoms with Gasteiger partial charge in [0.2, 0.25) is 5.91 Å². The standard InChI is InChI=1S/C21H19BrN4O2/c1-13-2-7-17-16(10-13)19-20(25-17)21(28)26(12-24-19)9-8-18(27)23-11-14-3-5-15(22)6-4-14/h2-7,10,12,25H,8-9,11H2,1H3,(H,23,27). The van der Waals surface area contributed by atoms with Crippen LogP contribution in [0, 0.1) is 6.92 Å². The van der Waals surface area contributed by atoms with Gasteiger partial charge in [-0.1, -0.05) is 39.7 Å². The van der Waals surface area contributed by atoms with Crippen molar-refractivity contribution in [2.75, 3.05) is 0 Å². The molecule has 0 aliphatic carbocycles. The summed E-state index contributed by atoms with van der Waals surface area (Å²) in [5.74, 6) is -0.109. The maximum absolute atomic E-state index is 12.8. The van der Waals surface area contributed by atoms with Crippen LogP contribution in [0.4, 0.5) is 0 Å². The van der Waals surface area contributed by atoms with Gasteiger partial charge < -0.3 is 10.3 Å². The third-order valence-corrected chi connectivity index (χ3v) is 5.24. The fourth-order valence-corrected chi connectivity index (χ4v) is 3.44. The number of amides is 1. The molecule has 0 aliphatic heterocycles. The van der Waals surface area contributed by atoms with Crippen LogP contribution in [0.15, 0.2) is 58.1 Å². The third kappa shape index (κ3) is 3.71. The summed E-state index contributed by atoms with van der Waals surface area (Å²) in [6.07, 6.45) is 1.73. The smallest absolute Gasteiger partial charge is 0.277 e. The second-order valence-corrected chi connectivity index (χ2v) is 7.71. The molecule has 2 aromatic heterocycles. The number of benzene rings is 2. The number of halogens is 1. The topological polar surface area (TPSA) is 79.8 Å². The molecule has 0 fully saturated rings. The first-order valence-corrected chi connectivity index (χ1v) is 9.79. The van der Waals surface area contributed by atoms with Gasteiger partial charge in [-0.15, -0.1) is 0 Å². The Labute approximate surface area is 169 Å². The lowest BCUT2D eigenvalue weighted by atomic mass is 10.2. The molecule has 0 saturated carbocycles. The highest BCUT2D eigenvalue weighted by Gasteiger charge is 2.12. The van der Waals surface area contributed by atoms with E-state index in [2.05, 4.69) is 31.2 Å². The summed E-state index contributed by atoms with van der Waals surface area (Å²) in [6.45, 7) is 2.74. The van der Waals surface area contributed by atoms with Crippen LogP contribution in [0.2, 0.25) is 0 Å². The van der Waals surface area contributed by atoms with Gasteiger partial charge in [-0.05, 0) is 36.8 Å². The van der Waals surface area contributed by atoms with E-state index in [0.717, 1.165) is 26.5 Å². The van der Waals surface area contributed by atoms with E-state index in [-0.39, 0.29) is 24.4 Å². The molecule has 142 valence electrons. The van der Waals surface area contributed by atoms with E-state index in [1.165, 1.54) is 10.9 Å². The van der Waals surface area contributed by atoms with Gasteiger partial charge in [-0.3, -0.25) is 14.2 Å². The van der Waals surface area contributed by atoms with E-state index in [4.69, 9.17) is 0 Å². The zero-order valence-corrected chi connectivity index (χ0v) is 16.9. The maximum Gasteiger partial charge on any atom is 0.277 e. The molecular formula is C21H19BrN4O2. The van der Waals surface area contributed by atoms with Crippen LogP contribution in [0.25, 0.3) is 21.9 Å². The van der Waals surface area contributed by atoms with Crippen LogP contribution in [0.1, 0.15) is 17.5 Å². The Hall–Kier alpha value is -2.93. The highest BCUT2D eigenvalue weighted by molar-refractivity contribution is 9.10. The Morgan fingerprint density at radius 3 is 2.79 bits per heavy atom. The Kier molecular flexibility index (Phi) is 5.00. The number of nitrogens with zero attached hydrogens (tertiary/aromatic N) is 2. The van der Waals surface area contributed by atoms with Crippen LogP contribution in [-0.2, 0) is 17.9 Å². The highest BCUT2D eigenvalue weighted by atomic mass is 79.9. The molecule has 2 aromatic carbocycles. The zero-order chi connectivity index (χ0) is 19.7. The van der Waals surface area contributed by atoms with Crippen LogP contribution in [-0.4, -0.2) is 20.4 Å². The molecule has 0 spiro atoms. The summed E-state index contributed by atoms with van der Waals surface area (Å²) >= 11 is 3.39. The van der Waals surface area contributed by atoms with Crippen molar-refractivity contribution >= 4 is 43.8 Å². The van der Waals surface area contributed by atoms with Gasteiger partial charge in [-0.25, -0.2) is 4.98 Å². The van der Waals surface area contributed by atoms with Crippen molar-refractivity contribution in [3.05, 3.63) is 74.7 Å². The van der Waals surface area contributed by atoms with E-state index in [1.54, 1.807) is 0 Å². The Morgan fingerprint density at radius 2 is 2.00 bits per heavy atom. The lowest BCUT2D eigenvalue weighted by Crippen LogP contribution is -2.27. The SMILES string of the molecule is Cc1ccc2[nH]c3c(=O)n(CCC(=O)NCc4ccc(Br)cc4)cnc3c2c1. The minimum atomic E-state index is -0.167. The van der Waals surface area contributed by atoms with Gasteiger partial charge >= 0.3 is 0 Å². The number of carbonyl (C=O) groups excluding carboxylic acids is 1. The molecule has 0 atom stereocenters. The summed E-state index contributed by atoms with van der Waals surface area (Å²) in [6, 6.07) is 13.7. The zero-order valence-electron chi connectivity index (χ0n) is 15.3. The number of hydrogen-bond donors (Lipinski definition) is 2. The van der Waals surface area contributed by atoms with Gasteiger partial charge in [0.25, 0.3) is 5.56 Å². The van der Waals surface area contributed by atoms with E-state index in [0.29, 0.717) is 17.6 Å². The van der Waals surface area contributed by atoms with Crippen molar-refractivity contribution in [2.45, 2.75) is 26.4 Å². The molecule has 2 N–H and O–H groups in total. The molecule has 0 saturated heterocycles. The molecular weight excluding hydrogens is 420 g/mol. The second kappa shape index (κ2) is 7.59. The first-order chi connectivity index (χ1) is 13.5. The molecule has 1 amide bonds. The van der Waals surface area contributed by atoms with Crippen LogP contribution in [0.3, 0.4) is 0 Å². The van der Waals surface area contributed by atoms with Crippen molar-refractivity contribution < 1.29 is 4.79 Å². The number of carbonyl (C=O) groups is 1. The average Bonchev–Trinajstić information content (AvgIpc) is 3.06. The van der Waals surface area contributed by atoms with Crippen molar-refractivity contribution in [2.24, 2.45) is 0 Å². The predicted octanol–water partition coefficient (Wildman–Crippen LogP) is 3.66. The lowest BCUT2D eigenvalue weighted by Gasteiger charge is -2.07. The summed E-state index contributed by atoms with van der Waals surface area (Å²) in [5, 5.41) is 3.81. The van der Waals surface area contributed by atoms with E-state index in [9.17, 15) is 9.59 Å². The molecule has 4 rings (SSSR count). The molecule has 28 heavy (non-hydrogen) atoms. The first kappa shape index (κ1) is 18.4. The molecule has 0 aliphatic rings. The molecule has 0 bridgehead atoms. The minimum Gasteiger partial charge on any atom is -0.352 e. The number of rotatable bonds is 5. The Bertz CT molecular complexity index is 1230. The van der Waals surface area contributed by atoms with E-state index < -0.39 is 0 Å². The number of hydrogen-bond acceptors (Lipinski definition) is 3. The molecule has 0 unspecified atom stereocenters. The number of H-pyrrole nitrogens is 1. The summed E-state index contributed by atoms with van der Waals surface area (Å²) in [7, 11) is 0. The van der Waals surface area contributed by atoms with Crippen LogP contribution in [0.5, 0.6) is 0 Å². The van der Waals surface area contributed by atoms with Crippen LogP contribution >= 0.6 is 15.9 Å².